The number of nitrogens with two attached hydrogens (primary N) is 1. The molecule has 8 heteroatoms. The molecule has 5 rings (SSSR count). The van der Waals surface area contributed by atoms with Gasteiger partial charge in [-0.05, 0) is 61.4 Å². The molecule has 0 amide bonds. The van der Waals surface area contributed by atoms with Crippen LogP contribution in [0.1, 0.15) is 42.5 Å². The maximum Gasteiger partial charge on any atom is 0.335 e. The molecule has 5 N–H and O–H groups in total. The average Bonchev–Trinajstić information content (AvgIpc) is 3.30. The lowest BCUT2D eigenvalue weighted by atomic mass is 9.97. The molecule has 0 saturated heterocycles. The van der Waals surface area contributed by atoms with E-state index in [0.29, 0.717) is 28.7 Å². The number of carboxylic acids is 1. The normalized spacial score (nSPS) is 13.6. The van der Waals surface area contributed by atoms with Crippen molar-refractivity contribution in [1.82, 2.24) is 14.8 Å². The molecule has 1 aliphatic carbocycles. The number of hydrogen-bond donors (Lipinski definition) is 4. The highest BCUT2D eigenvalue weighted by atomic mass is 16.4. The number of aromatic hydroxyl groups is 2. The third-order valence-electron chi connectivity index (χ3n) is 5.91. The largest absolute Gasteiger partial charge is 0.507 e. The molecule has 0 radical (unpaired) electrons. The van der Waals surface area contributed by atoms with Gasteiger partial charge in [0.1, 0.15) is 11.5 Å². The van der Waals surface area contributed by atoms with Crippen LogP contribution in [0.5, 0.6) is 11.5 Å². The number of rotatable bonds is 4. The number of nitrogens with zero attached hydrogens (tertiary/aromatic N) is 3. The van der Waals surface area contributed by atoms with Gasteiger partial charge >= 0.3 is 5.97 Å². The van der Waals surface area contributed by atoms with Crippen LogP contribution >= 0.6 is 0 Å². The number of phenolic OH excluding ortho intramolecular Hbond substituents is 2. The Morgan fingerprint density at radius 1 is 0.829 bits per heavy atom. The van der Waals surface area contributed by atoms with Crippen LogP contribution in [-0.4, -0.2) is 42.1 Å². The summed E-state index contributed by atoms with van der Waals surface area (Å²) in [4.78, 5) is 15.6. The van der Waals surface area contributed by atoms with Gasteiger partial charge in [-0.15, -0.1) is 5.10 Å². The van der Waals surface area contributed by atoms with Gasteiger partial charge in [0, 0.05) is 6.04 Å². The van der Waals surface area contributed by atoms with Crippen LogP contribution in [0.3, 0.4) is 0 Å². The number of carboxylic acid groups (broad SMARTS) is 1. The fraction of sp³-hybridized carbons (Fsp3) is 0.222. The summed E-state index contributed by atoms with van der Waals surface area (Å²) >= 11 is 0. The molecular formula is C27H28N4O4. The Morgan fingerprint density at radius 2 is 1.40 bits per heavy atom. The summed E-state index contributed by atoms with van der Waals surface area (Å²) in [6.07, 6.45) is 6.66. The minimum Gasteiger partial charge on any atom is -0.507 e. The van der Waals surface area contributed by atoms with E-state index in [1.54, 1.807) is 54.6 Å². The highest BCUT2D eigenvalue weighted by Gasteiger charge is 2.19. The van der Waals surface area contributed by atoms with Crippen molar-refractivity contribution in [1.29, 1.82) is 0 Å². The maximum atomic E-state index is 11.1. The van der Waals surface area contributed by atoms with E-state index in [0.717, 1.165) is 0 Å². The third kappa shape index (κ3) is 5.67. The van der Waals surface area contributed by atoms with Gasteiger partial charge in [-0.25, -0.2) is 14.5 Å². The van der Waals surface area contributed by atoms with Crippen LogP contribution in [0.2, 0.25) is 0 Å². The molecule has 8 nitrogen and oxygen atoms in total. The van der Waals surface area contributed by atoms with E-state index < -0.39 is 5.97 Å². The molecule has 0 unspecified atom stereocenters. The van der Waals surface area contributed by atoms with Gasteiger partial charge in [-0.2, -0.15) is 0 Å². The second-order valence-electron chi connectivity index (χ2n) is 8.46. The van der Waals surface area contributed by atoms with Crippen molar-refractivity contribution in [3.05, 3.63) is 78.4 Å². The maximum absolute atomic E-state index is 11.1. The average molecular weight is 473 g/mol. The zero-order valence-electron chi connectivity index (χ0n) is 19.2. The molecule has 1 aliphatic rings. The molecule has 35 heavy (non-hydrogen) atoms. The minimum absolute atomic E-state index is 0.0298. The molecule has 1 heterocycles. The highest BCUT2D eigenvalue weighted by Crippen LogP contribution is 2.33. The number of carbonyl (C=O) groups is 1. The molecule has 0 aliphatic heterocycles. The topological polar surface area (TPSA) is 134 Å². The van der Waals surface area contributed by atoms with Crippen molar-refractivity contribution in [2.24, 2.45) is 5.73 Å². The van der Waals surface area contributed by atoms with Crippen LogP contribution < -0.4 is 5.73 Å². The van der Waals surface area contributed by atoms with E-state index in [4.69, 9.17) is 10.8 Å². The summed E-state index contributed by atoms with van der Waals surface area (Å²) in [6.45, 7) is 0. The summed E-state index contributed by atoms with van der Waals surface area (Å²) in [5.41, 5.74) is 7.25. The van der Waals surface area contributed by atoms with E-state index in [2.05, 4.69) is 10.1 Å². The van der Waals surface area contributed by atoms with Crippen LogP contribution in [0.4, 0.5) is 0 Å². The second kappa shape index (κ2) is 10.8. The second-order valence-corrected chi connectivity index (χ2v) is 8.46. The quantitative estimate of drug-likeness (QED) is 0.329. The van der Waals surface area contributed by atoms with E-state index in [-0.39, 0.29) is 22.9 Å². The van der Waals surface area contributed by atoms with Gasteiger partial charge in [0.25, 0.3) is 0 Å². The summed E-state index contributed by atoms with van der Waals surface area (Å²) in [7, 11) is 0. The zero-order chi connectivity index (χ0) is 24.8. The van der Waals surface area contributed by atoms with Gasteiger partial charge in [0.2, 0.25) is 0 Å². The zero-order valence-corrected chi connectivity index (χ0v) is 19.2. The van der Waals surface area contributed by atoms with E-state index in [1.165, 1.54) is 55.0 Å². The highest BCUT2D eigenvalue weighted by molar-refractivity contribution is 5.87. The lowest BCUT2D eigenvalue weighted by molar-refractivity contribution is 0.0697. The molecule has 0 bridgehead atoms. The first-order valence-electron chi connectivity index (χ1n) is 11.6. The Balaban J connectivity index is 0.000000356. The first-order chi connectivity index (χ1) is 16.9. The first-order valence-corrected chi connectivity index (χ1v) is 11.6. The van der Waals surface area contributed by atoms with Crippen LogP contribution in [0.25, 0.3) is 28.5 Å². The van der Waals surface area contributed by atoms with E-state index >= 15 is 0 Å². The Hall–Kier alpha value is -4.17. The minimum atomic E-state index is -1.03. The lowest BCUT2D eigenvalue weighted by Crippen LogP contribution is -2.22. The molecule has 180 valence electrons. The van der Waals surface area contributed by atoms with Crippen LogP contribution in [-0.2, 0) is 0 Å². The Labute approximate surface area is 203 Å². The first kappa shape index (κ1) is 24.0. The van der Waals surface area contributed by atoms with Crippen molar-refractivity contribution in [3.63, 3.8) is 0 Å². The monoisotopic (exact) mass is 472 g/mol. The van der Waals surface area contributed by atoms with Crippen molar-refractivity contribution in [2.75, 3.05) is 0 Å². The predicted octanol–water partition coefficient (Wildman–Crippen LogP) is 4.99. The molecule has 1 fully saturated rings. The third-order valence-corrected chi connectivity index (χ3v) is 5.91. The fourth-order valence-corrected chi connectivity index (χ4v) is 3.99. The Bertz CT molecular complexity index is 1290. The predicted molar refractivity (Wildman–Crippen MR) is 134 cm³/mol. The number of hydrogen-bond acceptors (Lipinski definition) is 6. The summed E-state index contributed by atoms with van der Waals surface area (Å²) in [6, 6.07) is 20.1. The number of para-hydroxylation sites is 2. The molecule has 1 saturated carbocycles. The van der Waals surface area contributed by atoms with E-state index in [1.807, 2.05) is 0 Å². The molecule has 0 spiro atoms. The smallest absolute Gasteiger partial charge is 0.335 e. The molecular weight excluding hydrogens is 444 g/mol. The summed E-state index contributed by atoms with van der Waals surface area (Å²) in [5, 5.41) is 34.0. The van der Waals surface area contributed by atoms with E-state index in [9.17, 15) is 15.0 Å². The Kier molecular flexibility index (Phi) is 7.42. The number of phenols is 2. The van der Waals surface area contributed by atoms with Gasteiger partial charge in [-0.3, -0.25) is 0 Å². The summed E-state index contributed by atoms with van der Waals surface area (Å²) in [5.74, 6) is -0.328. The van der Waals surface area contributed by atoms with Crippen LogP contribution in [0, 0.1) is 0 Å². The SMILES string of the molecule is NC1CCCCC1.O=C(O)c1ccc(-n2nc(-c3ccccc3O)nc2-c2ccccc2O)cc1. The van der Waals surface area contributed by atoms with Crippen molar-refractivity contribution in [3.8, 4) is 40.0 Å². The number of benzene rings is 3. The number of aromatic nitrogens is 3. The number of aromatic carboxylic acids is 1. The molecule has 3 aromatic carbocycles. The molecule has 4 aromatic rings. The van der Waals surface area contributed by atoms with Crippen LogP contribution in [0.15, 0.2) is 72.8 Å². The van der Waals surface area contributed by atoms with Gasteiger partial charge in [0.15, 0.2) is 11.6 Å². The van der Waals surface area contributed by atoms with Gasteiger partial charge < -0.3 is 21.1 Å². The Morgan fingerprint density at radius 3 is 1.91 bits per heavy atom. The summed E-state index contributed by atoms with van der Waals surface area (Å²) < 4.78 is 1.50. The van der Waals surface area contributed by atoms with Crippen molar-refractivity contribution < 1.29 is 20.1 Å². The van der Waals surface area contributed by atoms with Crippen molar-refractivity contribution in [2.45, 2.75) is 38.1 Å². The van der Waals surface area contributed by atoms with Crippen molar-refractivity contribution >= 4 is 5.97 Å². The fourth-order valence-electron chi connectivity index (χ4n) is 3.99. The molecule has 0 atom stereocenters. The standard InChI is InChI=1S/C21H15N3O4.C6H13N/c25-17-7-3-1-5-15(17)19-22-20(16-6-2-4-8-18(16)26)24(23-19)14-11-9-13(10-12-14)21(27)28;7-6-4-2-1-3-5-6/h1-12,25-26H,(H,27,28);6H,1-5,7H2. The van der Waals surface area contributed by atoms with Gasteiger partial charge in [0.05, 0.1) is 22.4 Å². The lowest BCUT2D eigenvalue weighted by Gasteiger charge is -2.15. The molecule has 1 aromatic heterocycles. The van der Waals surface area contributed by atoms with Gasteiger partial charge in [-0.1, -0.05) is 43.5 Å².